The second-order valence-corrected chi connectivity index (χ2v) is 4.84. The number of aromatic nitrogens is 1. The van der Waals surface area contributed by atoms with E-state index in [0.717, 1.165) is 16.5 Å². The Kier molecular flexibility index (Phi) is 4.38. The summed E-state index contributed by atoms with van der Waals surface area (Å²) in [5.41, 5.74) is 8.06. The third-order valence-electron chi connectivity index (χ3n) is 3.37. The zero-order valence-electron chi connectivity index (χ0n) is 11.5. The van der Waals surface area contributed by atoms with Crippen LogP contribution in [0.15, 0.2) is 30.5 Å². The van der Waals surface area contributed by atoms with E-state index in [1.807, 2.05) is 36.5 Å². The first-order valence-corrected chi connectivity index (χ1v) is 6.56. The zero-order chi connectivity index (χ0) is 14.5. The number of carbonyl (C=O) groups is 1. The number of amides is 1. The van der Waals surface area contributed by atoms with Crippen molar-refractivity contribution >= 4 is 16.8 Å². The van der Waals surface area contributed by atoms with E-state index in [2.05, 4.69) is 4.98 Å². The van der Waals surface area contributed by atoms with Crippen LogP contribution in [-0.2, 0) is 11.2 Å². The average molecular weight is 270 g/mol. The number of H-pyrrole nitrogens is 1. The number of nitrogens with one attached hydrogen (secondary N) is 1. The minimum absolute atomic E-state index is 0.134. The Bertz CT molecular complexity index is 641. The number of nitriles is 1. The van der Waals surface area contributed by atoms with Gasteiger partial charge < -0.3 is 15.6 Å². The van der Waals surface area contributed by atoms with Crippen molar-refractivity contribution in [3.05, 3.63) is 36.0 Å². The largest absolute Gasteiger partial charge is 0.361 e. The quantitative estimate of drug-likeness (QED) is 0.861. The first-order valence-electron chi connectivity index (χ1n) is 6.56. The third kappa shape index (κ3) is 2.98. The molecule has 0 saturated heterocycles. The number of para-hydroxylation sites is 1. The highest BCUT2D eigenvalue weighted by Crippen LogP contribution is 2.19. The number of fused-ring (bicyclic) bond motifs is 1. The van der Waals surface area contributed by atoms with Gasteiger partial charge in [0.15, 0.2) is 0 Å². The molecule has 0 radical (unpaired) electrons. The number of rotatable bonds is 5. The van der Waals surface area contributed by atoms with Gasteiger partial charge >= 0.3 is 0 Å². The Morgan fingerprint density at radius 2 is 2.25 bits per heavy atom. The minimum Gasteiger partial charge on any atom is -0.361 e. The lowest BCUT2D eigenvalue weighted by Crippen LogP contribution is -2.43. The molecule has 1 heterocycles. The van der Waals surface area contributed by atoms with E-state index < -0.39 is 6.04 Å². The van der Waals surface area contributed by atoms with Gasteiger partial charge in [0.05, 0.1) is 18.5 Å². The summed E-state index contributed by atoms with van der Waals surface area (Å²) in [5, 5.41) is 9.63. The van der Waals surface area contributed by atoms with E-state index in [0.29, 0.717) is 19.4 Å². The third-order valence-corrected chi connectivity index (χ3v) is 3.37. The van der Waals surface area contributed by atoms with Gasteiger partial charge in [-0.15, -0.1) is 0 Å². The number of carbonyl (C=O) groups excluding carboxylic acids is 1. The van der Waals surface area contributed by atoms with Crippen molar-refractivity contribution < 1.29 is 4.79 Å². The monoisotopic (exact) mass is 270 g/mol. The normalized spacial score (nSPS) is 12.1. The molecule has 1 amide bonds. The van der Waals surface area contributed by atoms with Crippen molar-refractivity contribution in [2.75, 3.05) is 13.6 Å². The predicted octanol–water partition coefficient (Wildman–Crippen LogP) is 1.41. The summed E-state index contributed by atoms with van der Waals surface area (Å²) < 4.78 is 0. The van der Waals surface area contributed by atoms with Crippen molar-refractivity contribution in [3.63, 3.8) is 0 Å². The van der Waals surface area contributed by atoms with E-state index in [4.69, 9.17) is 11.0 Å². The van der Waals surface area contributed by atoms with Crippen LogP contribution in [0.3, 0.4) is 0 Å². The van der Waals surface area contributed by atoms with Crippen LogP contribution in [-0.4, -0.2) is 35.4 Å². The molecule has 3 N–H and O–H groups in total. The Labute approximate surface area is 118 Å². The van der Waals surface area contributed by atoms with Gasteiger partial charge in [-0.1, -0.05) is 18.2 Å². The second kappa shape index (κ2) is 6.22. The number of aromatic amines is 1. The molecule has 1 atom stereocenters. The summed E-state index contributed by atoms with van der Waals surface area (Å²) in [7, 11) is 1.68. The smallest absolute Gasteiger partial charge is 0.239 e. The molecular formula is C15H18N4O. The molecule has 104 valence electrons. The van der Waals surface area contributed by atoms with E-state index >= 15 is 0 Å². The Balaban J connectivity index is 2.06. The summed E-state index contributed by atoms with van der Waals surface area (Å²) >= 11 is 0. The number of benzene rings is 1. The fourth-order valence-corrected chi connectivity index (χ4v) is 2.24. The van der Waals surface area contributed by atoms with Gasteiger partial charge in [-0.25, -0.2) is 0 Å². The van der Waals surface area contributed by atoms with Crippen LogP contribution in [0.4, 0.5) is 0 Å². The van der Waals surface area contributed by atoms with Gasteiger partial charge in [-0.2, -0.15) is 5.26 Å². The van der Waals surface area contributed by atoms with Crippen molar-refractivity contribution in [1.29, 1.82) is 5.26 Å². The van der Waals surface area contributed by atoms with E-state index in [9.17, 15) is 4.79 Å². The number of nitrogens with two attached hydrogens (primary N) is 1. The second-order valence-electron chi connectivity index (χ2n) is 4.84. The molecule has 5 nitrogen and oxygen atoms in total. The van der Waals surface area contributed by atoms with Crippen molar-refractivity contribution in [1.82, 2.24) is 9.88 Å². The number of hydrogen-bond donors (Lipinski definition) is 2. The Morgan fingerprint density at radius 3 is 3.00 bits per heavy atom. The average Bonchev–Trinajstić information content (AvgIpc) is 2.87. The van der Waals surface area contributed by atoms with Gasteiger partial charge in [0.1, 0.15) is 0 Å². The van der Waals surface area contributed by atoms with Gasteiger partial charge in [-0.3, -0.25) is 4.79 Å². The summed E-state index contributed by atoms with van der Waals surface area (Å²) in [6, 6.07) is 9.37. The van der Waals surface area contributed by atoms with Crippen LogP contribution < -0.4 is 5.73 Å². The summed E-state index contributed by atoms with van der Waals surface area (Å²) in [4.78, 5) is 16.8. The maximum Gasteiger partial charge on any atom is 0.239 e. The molecule has 1 aromatic carbocycles. The standard InChI is InChI=1S/C15H18N4O/c1-19(8-4-7-16)15(20)13(17)9-11-10-18-14-6-3-2-5-12(11)14/h2-3,5-6,10,13,18H,4,8-9,17H2,1H3/t13-/m1/s1. The Hall–Kier alpha value is -2.32. The fraction of sp³-hybridized carbons (Fsp3) is 0.333. The molecule has 0 aliphatic rings. The van der Waals surface area contributed by atoms with Crippen molar-refractivity contribution in [3.8, 4) is 6.07 Å². The summed E-state index contributed by atoms with van der Waals surface area (Å²) in [6.45, 7) is 0.414. The molecule has 1 aromatic heterocycles. The van der Waals surface area contributed by atoms with Gasteiger partial charge in [0.25, 0.3) is 0 Å². The van der Waals surface area contributed by atoms with Crippen LogP contribution in [0, 0.1) is 11.3 Å². The molecule has 0 bridgehead atoms. The molecular weight excluding hydrogens is 252 g/mol. The summed E-state index contributed by atoms with van der Waals surface area (Å²) in [6.07, 6.45) is 2.70. The molecule has 0 fully saturated rings. The van der Waals surface area contributed by atoms with Crippen LogP contribution >= 0.6 is 0 Å². The van der Waals surface area contributed by atoms with Gasteiger partial charge in [0, 0.05) is 30.7 Å². The van der Waals surface area contributed by atoms with Crippen LogP contribution in [0.5, 0.6) is 0 Å². The highest BCUT2D eigenvalue weighted by Gasteiger charge is 2.19. The molecule has 5 heteroatoms. The molecule has 2 rings (SSSR count). The summed E-state index contributed by atoms with van der Waals surface area (Å²) in [5.74, 6) is -0.134. The molecule has 0 aliphatic carbocycles. The number of nitrogens with zero attached hydrogens (tertiary/aromatic N) is 2. The Morgan fingerprint density at radius 1 is 1.50 bits per heavy atom. The number of likely N-dealkylation sites (N-methyl/N-ethyl adjacent to an activating group) is 1. The van der Waals surface area contributed by atoms with Crippen LogP contribution in [0.1, 0.15) is 12.0 Å². The van der Waals surface area contributed by atoms with Crippen molar-refractivity contribution in [2.45, 2.75) is 18.9 Å². The van der Waals surface area contributed by atoms with E-state index in [-0.39, 0.29) is 5.91 Å². The maximum atomic E-state index is 12.1. The number of hydrogen-bond acceptors (Lipinski definition) is 3. The first kappa shape index (κ1) is 14.1. The van der Waals surface area contributed by atoms with Gasteiger partial charge in [-0.05, 0) is 18.1 Å². The fourth-order valence-electron chi connectivity index (χ4n) is 2.24. The first-order chi connectivity index (χ1) is 9.63. The molecule has 0 saturated carbocycles. The van der Waals surface area contributed by atoms with Gasteiger partial charge in [0.2, 0.25) is 5.91 Å². The van der Waals surface area contributed by atoms with E-state index in [1.54, 1.807) is 7.05 Å². The minimum atomic E-state index is -0.585. The van der Waals surface area contributed by atoms with Crippen LogP contribution in [0.25, 0.3) is 10.9 Å². The predicted molar refractivity (Wildman–Crippen MR) is 77.8 cm³/mol. The highest BCUT2D eigenvalue weighted by molar-refractivity contribution is 5.86. The van der Waals surface area contributed by atoms with E-state index in [1.165, 1.54) is 4.90 Å². The highest BCUT2D eigenvalue weighted by atomic mass is 16.2. The molecule has 2 aromatic rings. The SMILES string of the molecule is CN(CCC#N)C(=O)[C@H](N)Cc1c[nH]c2ccccc12. The lowest BCUT2D eigenvalue weighted by Gasteiger charge is -2.20. The lowest BCUT2D eigenvalue weighted by molar-refractivity contribution is -0.131. The van der Waals surface area contributed by atoms with Crippen molar-refractivity contribution in [2.24, 2.45) is 5.73 Å². The lowest BCUT2D eigenvalue weighted by atomic mass is 10.0. The zero-order valence-corrected chi connectivity index (χ0v) is 11.5. The molecule has 0 spiro atoms. The topological polar surface area (TPSA) is 85.9 Å². The van der Waals surface area contributed by atoms with Crippen LogP contribution in [0.2, 0.25) is 0 Å². The maximum absolute atomic E-state index is 12.1. The molecule has 0 aliphatic heterocycles. The molecule has 20 heavy (non-hydrogen) atoms. The molecule has 0 unspecified atom stereocenters.